The first kappa shape index (κ1) is 19.7. The summed E-state index contributed by atoms with van der Waals surface area (Å²) in [5.74, 6) is -0.782. The SMILES string of the molecule is N#C/C(C(=O)SC1=NC(=O)c2c1c1ccccc1oc2=O)=C(\S)Nc1ccccc1. The second kappa shape index (κ2) is 8.02. The highest BCUT2D eigenvalue weighted by molar-refractivity contribution is 8.27. The summed E-state index contributed by atoms with van der Waals surface area (Å²) in [5, 5.41) is 12.3. The third kappa shape index (κ3) is 3.54. The normalized spacial score (nSPS) is 13.3. The Morgan fingerprint density at radius 1 is 1.07 bits per heavy atom. The van der Waals surface area contributed by atoms with E-state index >= 15 is 0 Å². The van der Waals surface area contributed by atoms with E-state index in [0.29, 0.717) is 22.8 Å². The molecule has 1 aromatic heterocycles. The van der Waals surface area contributed by atoms with Crippen LogP contribution < -0.4 is 10.9 Å². The average Bonchev–Trinajstić information content (AvgIpc) is 3.06. The summed E-state index contributed by atoms with van der Waals surface area (Å²) in [5.41, 5.74) is -0.136. The number of fused-ring (bicyclic) bond motifs is 3. The van der Waals surface area contributed by atoms with E-state index in [-0.39, 0.29) is 32.4 Å². The minimum absolute atomic E-state index is 0.0395. The van der Waals surface area contributed by atoms with Crippen molar-refractivity contribution in [3.8, 4) is 6.07 Å². The standard InChI is InChI=1S/C21H11N3O4S2/c22-10-13(18(29)23-11-6-2-1-3-7-11)21(27)30-19-15-12-8-4-5-9-14(12)28-20(26)16(15)17(25)24-19/h1-9,23,29H/b18-13+. The fraction of sp³-hybridized carbons (Fsp3) is 0. The van der Waals surface area contributed by atoms with Crippen molar-refractivity contribution in [3.63, 3.8) is 0 Å². The molecule has 9 heteroatoms. The number of anilines is 1. The largest absolute Gasteiger partial charge is 0.422 e. The molecule has 1 N–H and O–H groups in total. The van der Waals surface area contributed by atoms with Gasteiger partial charge in [0, 0.05) is 16.6 Å². The van der Waals surface area contributed by atoms with Gasteiger partial charge in [0.15, 0.2) is 0 Å². The molecule has 7 nitrogen and oxygen atoms in total. The maximum atomic E-state index is 12.8. The van der Waals surface area contributed by atoms with E-state index in [2.05, 4.69) is 22.9 Å². The monoisotopic (exact) mass is 433 g/mol. The first-order valence-corrected chi connectivity index (χ1v) is 9.83. The van der Waals surface area contributed by atoms with E-state index in [0.717, 1.165) is 0 Å². The lowest BCUT2D eigenvalue weighted by Crippen LogP contribution is -2.13. The number of nitrogens with one attached hydrogen (secondary N) is 1. The Hall–Kier alpha value is -3.61. The van der Waals surface area contributed by atoms with Crippen LogP contribution >= 0.6 is 24.4 Å². The van der Waals surface area contributed by atoms with E-state index in [4.69, 9.17) is 4.42 Å². The van der Waals surface area contributed by atoms with E-state index in [1.165, 1.54) is 0 Å². The van der Waals surface area contributed by atoms with Crippen molar-refractivity contribution in [2.75, 3.05) is 5.32 Å². The Kier molecular flexibility index (Phi) is 5.27. The molecule has 0 bridgehead atoms. The van der Waals surface area contributed by atoms with Gasteiger partial charge in [0.05, 0.1) is 5.03 Å². The third-order valence-corrected chi connectivity index (χ3v) is 5.44. The number of nitriles is 1. The minimum atomic E-state index is -0.822. The van der Waals surface area contributed by atoms with E-state index < -0.39 is 16.6 Å². The predicted octanol–water partition coefficient (Wildman–Crippen LogP) is 3.73. The molecule has 2 heterocycles. The van der Waals surface area contributed by atoms with Gasteiger partial charge in [0.25, 0.3) is 5.91 Å². The molecular formula is C21H11N3O4S2. The molecule has 1 aliphatic rings. The van der Waals surface area contributed by atoms with Crippen LogP contribution in [0.15, 0.2) is 79.4 Å². The Bertz CT molecular complexity index is 1370. The van der Waals surface area contributed by atoms with Crippen molar-refractivity contribution in [1.29, 1.82) is 5.26 Å². The number of benzene rings is 2. The number of para-hydroxylation sites is 2. The fourth-order valence-corrected chi connectivity index (χ4v) is 4.12. The second-order valence-electron chi connectivity index (χ2n) is 6.07. The number of hydrogen-bond donors (Lipinski definition) is 2. The van der Waals surface area contributed by atoms with Gasteiger partial charge in [0.1, 0.15) is 27.8 Å². The van der Waals surface area contributed by atoms with Crippen LogP contribution in [0.4, 0.5) is 5.69 Å². The third-order valence-electron chi connectivity index (χ3n) is 4.22. The highest BCUT2D eigenvalue weighted by Gasteiger charge is 2.32. The minimum Gasteiger partial charge on any atom is -0.422 e. The van der Waals surface area contributed by atoms with Crippen LogP contribution in [-0.2, 0) is 4.79 Å². The molecule has 146 valence electrons. The first-order valence-electron chi connectivity index (χ1n) is 8.56. The zero-order chi connectivity index (χ0) is 21.3. The van der Waals surface area contributed by atoms with E-state index in [1.807, 2.05) is 12.1 Å². The van der Waals surface area contributed by atoms with Crippen molar-refractivity contribution < 1.29 is 14.0 Å². The number of amides is 1. The summed E-state index contributed by atoms with van der Waals surface area (Å²) in [4.78, 5) is 41.1. The Morgan fingerprint density at radius 3 is 2.50 bits per heavy atom. The van der Waals surface area contributed by atoms with Crippen molar-refractivity contribution in [3.05, 3.63) is 86.7 Å². The molecule has 0 spiro atoms. The average molecular weight is 433 g/mol. The van der Waals surface area contributed by atoms with Crippen molar-refractivity contribution in [2.24, 2.45) is 4.99 Å². The van der Waals surface area contributed by atoms with E-state index in [1.54, 1.807) is 48.5 Å². The van der Waals surface area contributed by atoms with Crippen LogP contribution in [0.2, 0.25) is 0 Å². The molecule has 1 amide bonds. The lowest BCUT2D eigenvalue weighted by atomic mass is 10.1. The van der Waals surface area contributed by atoms with Crippen LogP contribution in [0, 0.1) is 11.3 Å². The molecule has 3 aromatic rings. The van der Waals surface area contributed by atoms with Gasteiger partial charge >= 0.3 is 5.63 Å². The molecule has 0 fully saturated rings. The molecule has 0 saturated heterocycles. The second-order valence-corrected chi connectivity index (χ2v) is 7.48. The predicted molar refractivity (Wildman–Crippen MR) is 118 cm³/mol. The Morgan fingerprint density at radius 2 is 1.77 bits per heavy atom. The summed E-state index contributed by atoms with van der Waals surface area (Å²) in [6.07, 6.45) is 0. The van der Waals surface area contributed by atoms with Gasteiger partial charge in [-0.1, -0.05) is 36.4 Å². The highest BCUT2D eigenvalue weighted by atomic mass is 32.2. The number of nitrogens with zero attached hydrogens (tertiary/aromatic N) is 2. The number of rotatable bonds is 3. The molecular weight excluding hydrogens is 422 g/mol. The molecule has 0 aliphatic carbocycles. The highest BCUT2D eigenvalue weighted by Crippen LogP contribution is 2.32. The number of carbonyl (C=O) groups is 2. The van der Waals surface area contributed by atoms with Crippen molar-refractivity contribution in [1.82, 2.24) is 0 Å². The maximum absolute atomic E-state index is 12.8. The van der Waals surface area contributed by atoms with Gasteiger partial charge in [-0.15, -0.1) is 12.6 Å². The van der Waals surface area contributed by atoms with Gasteiger partial charge in [-0.2, -0.15) is 5.26 Å². The Labute approximate surface area is 179 Å². The number of aliphatic imine (C=N–C) groups is 1. The van der Waals surface area contributed by atoms with Crippen molar-refractivity contribution >= 4 is 57.1 Å². The molecule has 0 radical (unpaired) electrons. The van der Waals surface area contributed by atoms with Crippen LogP contribution in [0.1, 0.15) is 15.9 Å². The molecule has 30 heavy (non-hydrogen) atoms. The van der Waals surface area contributed by atoms with Gasteiger partial charge in [-0.05, 0) is 30.0 Å². The summed E-state index contributed by atoms with van der Waals surface area (Å²) < 4.78 is 5.17. The molecule has 1 aliphatic heterocycles. The van der Waals surface area contributed by atoms with Crippen LogP contribution in [0.5, 0.6) is 0 Å². The first-order chi connectivity index (χ1) is 14.5. The summed E-state index contributed by atoms with van der Waals surface area (Å²) in [6, 6.07) is 17.4. The number of thiol groups is 1. The smallest absolute Gasteiger partial charge is 0.350 e. The molecule has 0 saturated carbocycles. The van der Waals surface area contributed by atoms with Crippen molar-refractivity contribution in [2.45, 2.75) is 0 Å². The molecule has 4 rings (SSSR count). The lowest BCUT2D eigenvalue weighted by Gasteiger charge is -2.08. The van der Waals surface area contributed by atoms with Gasteiger partial charge in [-0.3, -0.25) is 9.59 Å². The van der Waals surface area contributed by atoms with Crippen LogP contribution in [-0.4, -0.2) is 16.1 Å². The number of hydrogen-bond acceptors (Lipinski definition) is 8. The molecule has 2 aromatic carbocycles. The van der Waals surface area contributed by atoms with Gasteiger partial charge < -0.3 is 9.73 Å². The quantitative estimate of drug-likeness (QED) is 0.280. The summed E-state index contributed by atoms with van der Waals surface area (Å²) in [6.45, 7) is 0. The fourth-order valence-electron chi connectivity index (χ4n) is 2.90. The maximum Gasteiger partial charge on any atom is 0.350 e. The molecule has 0 unspecified atom stereocenters. The van der Waals surface area contributed by atoms with E-state index in [9.17, 15) is 19.6 Å². The molecule has 0 atom stereocenters. The van der Waals surface area contributed by atoms with Crippen LogP contribution in [0.25, 0.3) is 11.0 Å². The van der Waals surface area contributed by atoms with Gasteiger partial charge in [0.2, 0.25) is 5.12 Å². The topological polar surface area (TPSA) is 113 Å². The zero-order valence-corrected chi connectivity index (χ0v) is 16.8. The number of carbonyl (C=O) groups excluding carboxylic acids is 2. The van der Waals surface area contributed by atoms with Crippen LogP contribution in [0.3, 0.4) is 0 Å². The summed E-state index contributed by atoms with van der Waals surface area (Å²) in [7, 11) is 0. The zero-order valence-electron chi connectivity index (χ0n) is 15.1. The number of thioether (sulfide) groups is 1. The lowest BCUT2D eigenvalue weighted by molar-refractivity contribution is -0.107. The van der Waals surface area contributed by atoms with Gasteiger partial charge in [-0.25, -0.2) is 9.79 Å². The Balaban J connectivity index is 1.71. The summed E-state index contributed by atoms with van der Waals surface area (Å²) >= 11 is 4.83.